The van der Waals surface area contributed by atoms with E-state index in [0.29, 0.717) is 12.3 Å². The SMILES string of the molecule is COC(=O)CC(O)C(CC1CCC(C)CC1)NC(=O)OC(C)(C)C. The fraction of sp³-hybridized carbons (Fsp3) is 0.889. The van der Waals surface area contributed by atoms with Crippen molar-refractivity contribution in [3.05, 3.63) is 0 Å². The standard InChI is InChI=1S/C18H33NO5/c1-12-6-8-13(9-7-12)10-14(15(20)11-16(21)23-5)19-17(22)24-18(2,3)4/h12-15,20H,6-11H2,1-5H3,(H,19,22). The molecule has 2 atom stereocenters. The molecular weight excluding hydrogens is 310 g/mol. The lowest BCUT2D eigenvalue weighted by molar-refractivity contribution is -0.143. The van der Waals surface area contributed by atoms with Gasteiger partial charge in [0.25, 0.3) is 0 Å². The number of ether oxygens (including phenoxy) is 2. The number of alkyl carbamates (subject to hydrolysis) is 1. The summed E-state index contributed by atoms with van der Waals surface area (Å²) >= 11 is 0. The van der Waals surface area contributed by atoms with Gasteiger partial charge in [-0.1, -0.05) is 32.6 Å². The summed E-state index contributed by atoms with van der Waals surface area (Å²) in [7, 11) is 1.29. The van der Waals surface area contributed by atoms with Crippen molar-refractivity contribution in [3.63, 3.8) is 0 Å². The third-order valence-electron chi connectivity index (χ3n) is 4.49. The second kappa shape index (κ2) is 9.25. The third-order valence-corrected chi connectivity index (χ3v) is 4.49. The number of carbonyl (C=O) groups excluding carboxylic acids is 2. The third kappa shape index (κ3) is 7.99. The Balaban J connectivity index is 2.67. The summed E-state index contributed by atoms with van der Waals surface area (Å²) in [5.41, 5.74) is -0.609. The van der Waals surface area contributed by atoms with Crippen LogP contribution in [0.5, 0.6) is 0 Å². The maximum atomic E-state index is 12.1. The van der Waals surface area contributed by atoms with Crippen LogP contribution in [0.3, 0.4) is 0 Å². The fourth-order valence-corrected chi connectivity index (χ4v) is 3.09. The number of methoxy groups -OCH3 is 1. The van der Waals surface area contributed by atoms with Gasteiger partial charge >= 0.3 is 12.1 Å². The molecule has 140 valence electrons. The summed E-state index contributed by atoms with van der Waals surface area (Å²) in [4.78, 5) is 23.5. The number of hydrogen-bond donors (Lipinski definition) is 2. The van der Waals surface area contributed by atoms with Crippen molar-refractivity contribution in [2.24, 2.45) is 11.8 Å². The number of aliphatic hydroxyl groups is 1. The first-order valence-electron chi connectivity index (χ1n) is 8.85. The lowest BCUT2D eigenvalue weighted by Gasteiger charge is -2.32. The van der Waals surface area contributed by atoms with Crippen LogP contribution in [0.4, 0.5) is 4.79 Å². The minimum Gasteiger partial charge on any atom is -0.469 e. The molecule has 1 fully saturated rings. The highest BCUT2D eigenvalue weighted by atomic mass is 16.6. The van der Waals surface area contributed by atoms with Gasteiger partial charge in [-0.25, -0.2) is 4.79 Å². The van der Waals surface area contributed by atoms with E-state index >= 15 is 0 Å². The van der Waals surface area contributed by atoms with Gasteiger partial charge in [-0.15, -0.1) is 0 Å². The smallest absolute Gasteiger partial charge is 0.407 e. The molecule has 0 saturated heterocycles. The fourth-order valence-electron chi connectivity index (χ4n) is 3.09. The van der Waals surface area contributed by atoms with Crippen molar-refractivity contribution in [1.82, 2.24) is 5.32 Å². The van der Waals surface area contributed by atoms with Crippen molar-refractivity contribution in [2.75, 3.05) is 7.11 Å². The predicted octanol–water partition coefficient (Wildman–Crippen LogP) is 3.02. The minimum absolute atomic E-state index is 0.139. The Labute approximate surface area is 145 Å². The lowest BCUT2D eigenvalue weighted by atomic mass is 9.79. The molecule has 2 N–H and O–H groups in total. The Morgan fingerprint density at radius 3 is 2.29 bits per heavy atom. The van der Waals surface area contributed by atoms with Gasteiger partial charge in [0.05, 0.1) is 25.7 Å². The molecule has 0 bridgehead atoms. The summed E-state index contributed by atoms with van der Waals surface area (Å²) in [6.45, 7) is 7.61. The van der Waals surface area contributed by atoms with Crippen LogP contribution >= 0.6 is 0 Å². The maximum Gasteiger partial charge on any atom is 0.407 e. The second-order valence-corrected chi connectivity index (χ2v) is 7.96. The molecule has 0 aromatic heterocycles. The number of amides is 1. The number of carbonyl (C=O) groups is 2. The zero-order valence-electron chi connectivity index (χ0n) is 15.6. The van der Waals surface area contributed by atoms with Gasteiger partial charge in [-0.2, -0.15) is 0 Å². The van der Waals surface area contributed by atoms with E-state index < -0.39 is 29.8 Å². The van der Waals surface area contributed by atoms with Crippen molar-refractivity contribution in [1.29, 1.82) is 0 Å². The first-order chi connectivity index (χ1) is 11.1. The van der Waals surface area contributed by atoms with Crippen molar-refractivity contribution < 1.29 is 24.2 Å². The van der Waals surface area contributed by atoms with Crippen molar-refractivity contribution >= 4 is 12.1 Å². The number of nitrogens with one attached hydrogen (secondary N) is 1. The number of rotatable bonds is 6. The lowest BCUT2D eigenvalue weighted by Crippen LogP contribution is -2.47. The molecule has 0 aromatic rings. The topological polar surface area (TPSA) is 84.9 Å². The van der Waals surface area contributed by atoms with Crippen LogP contribution in [0.1, 0.15) is 66.2 Å². The van der Waals surface area contributed by atoms with E-state index in [9.17, 15) is 14.7 Å². The zero-order valence-corrected chi connectivity index (χ0v) is 15.6. The molecule has 0 radical (unpaired) electrons. The quantitative estimate of drug-likeness (QED) is 0.724. The second-order valence-electron chi connectivity index (χ2n) is 7.96. The molecule has 1 rings (SSSR count). The average molecular weight is 343 g/mol. The Bertz CT molecular complexity index is 410. The Morgan fingerprint density at radius 1 is 1.21 bits per heavy atom. The number of aliphatic hydroxyl groups excluding tert-OH is 1. The Kier molecular flexibility index (Phi) is 8.00. The van der Waals surface area contributed by atoms with E-state index in [-0.39, 0.29) is 6.42 Å². The zero-order chi connectivity index (χ0) is 18.3. The van der Waals surface area contributed by atoms with Crippen LogP contribution in [-0.2, 0) is 14.3 Å². The van der Waals surface area contributed by atoms with Crippen LogP contribution in [-0.4, -0.2) is 42.0 Å². The molecular formula is C18H33NO5. The highest BCUT2D eigenvalue weighted by Gasteiger charge is 2.30. The summed E-state index contributed by atoms with van der Waals surface area (Å²) in [5, 5.41) is 13.1. The molecule has 0 aliphatic heterocycles. The molecule has 1 aliphatic carbocycles. The van der Waals surface area contributed by atoms with Gasteiger partial charge in [-0.3, -0.25) is 4.79 Å². The van der Waals surface area contributed by atoms with Crippen LogP contribution in [0.25, 0.3) is 0 Å². The molecule has 6 nitrogen and oxygen atoms in total. The van der Waals surface area contributed by atoms with Crippen molar-refractivity contribution in [2.45, 2.75) is 84.0 Å². The average Bonchev–Trinajstić information content (AvgIpc) is 2.46. The molecule has 6 heteroatoms. The Hall–Kier alpha value is -1.30. The van der Waals surface area contributed by atoms with Crippen LogP contribution in [0.2, 0.25) is 0 Å². The summed E-state index contributed by atoms with van der Waals surface area (Å²) < 4.78 is 9.90. The van der Waals surface area contributed by atoms with E-state index in [4.69, 9.17) is 4.74 Å². The summed E-state index contributed by atoms with van der Waals surface area (Å²) in [6.07, 6.45) is 3.44. The van der Waals surface area contributed by atoms with E-state index in [0.717, 1.165) is 31.6 Å². The number of esters is 1. The molecule has 0 spiro atoms. The van der Waals surface area contributed by atoms with Crippen LogP contribution < -0.4 is 5.32 Å². The van der Waals surface area contributed by atoms with Gasteiger partial charge in [0.15, 0.2) is 0 Å². The predicted molar refractivity (Wildman–Crippen MR) is 91.5 cm³/mol. The molecule has 1 aliphatic rings. The first-order valence-corrected chi connectivity index (χ1v) is 8.85. The van der Waals surface area contributed by atoms with Gasteiger partial charge < -0.3 is 19.9 Å². The van der Waals surface area contributed by atoms with E-state index in [2.05, 4.69) is 17.0 Å². The van der Waals surface area contributed by atoms with Crippen LogP contribution in [0, 0.1) is 11.8 Å². The van der Waals surface area contributed by atoms with Gasteiger partial charge in [0.2, 0.25) is 0 Å². The molecule has 1 amide bonds. The summed E-state index contributed by atoms with van der Waals surface area (Å²) in [5.74, 6) is 0.683. The molecule has 24 heavy (non-hydrogen) atoms. The number of hydrogen-bond acceptors (Lipinski definition) is 5. The van der Waals surface area contributed by atoms with Gasteiger partial charge in [0, 0.05) is 0 Å². The van der Waals surface area contributed by atoms with Crippen molar-refractivity contribution in [3.8, 4) is 0 Å². The highest BCUT2D eigenvalue weighted by molar-refractivity contribution is 5.71. The monoisotopic (exact) mass is 343 g/mol. The largest absolute Gasteiger partial charge is 0.469 e. The molecule has 1 saturated carbocycles. The Morgan fingerprint density at radius 2 is 1.79 bits per heavy atom. The van der Waals surface area contributed by atoms with E-state index in [1.165, 1.54) is 7.11 Å². The minimum atomic E-state index is -0.982. The van der Waals surface area contributed by atoms with Gasteiger partial charge in [0.1, 0.15) is 5.60 Å². The summed E-state index contributed by atoms with van der Waals surface area (Å²) in [6, 6.07) is -0.516. The molecule has 2 unspecified atom stereocenters. The maximum absolute atomic E-state index is 12.1. The highest BCUT2D eigenvalue weighted by Crippen LogP contribution is 2.32. The van der Waals surface area contributed by atoms with E-state index in [1.54, 1.807) is 20.8 Å². The normalized spacial score (nSPS) is 23.9. The van der Waals surface area contributed by atoms with Gasteiger partial charge in [-0.05, 0) is 39.0 Å². The first kappa shape index (κ1) is 20.7. The van der Waals surface area contributed by atoms with Crippen LogP contribution in [0.15, 0.2) is 0 Å². The van der Waals surface area contributed by atoms with E-state index in [1.807, 2.05) is 0 Å². The molecule has 0 aromatic carbocycles. The molecule has 0 heterocycles.